The zero-order valence-electron chi connectivity index (χ0n) is 9.03. The summed E-state index contributed by atoms with van der Waals surface area (Å²) in [7, 11) is 1.87. The van der Waals surface area contributed by atoms with Crippen LogP contribution in [0.25, 0.3) is 0 Å². The molecule has 15 heavy (non-hydrogen) atoms. The molecule has 2 heterocycles. The molecule has 0 bridgehead atoms. The molecule has 0 aromatic carbocycles. The summed E-state index contributed by atoms with van der Waals surface area (Å²) in [5.74, 6) is 1.88. The van der Waals surface area contributed by atoms with Crippen molar-refractivity contribution in [2.24, 2.45) is 0 Å². The van der Waals surface area contributed by atoms with Crippen LogP contribution in [0.15, 0.2) is 12.4 Å². The third-order valence-electron chi connectivity index (χ3n) is 2.57. The van der Waals surface area contributed by atoms with E-state index in [0.717, 1.165) is 37.8 Å². The number of rotatable bonds is 2. The first-order valence-corrected chi connectivity index (χ1v) is 5.35. The maximum Gasteiger partial charge on any atom is 0.134 e. The molecule has 5 nitrogen and oxygen atoms in total. The smallest absolute Gasteiger partial charge is 0.134 e. The van der Waals surface area contributed by atoms with Gasteiger partial charge in [0.15, 0.2) is 0 Å². The topological polar surface area (TPSA) is 53.1 Å². The number of hydrogen-bond acceptors (Lipinski definition) is 5. The van der Waals surface area contributed by atoms with Crippen LogP contribution in [0.4, 0.5) is 11.6 Å². The van der Waals surface area contributed by atoms with Crippen molar-refractivity contribution in [2.75, 3.05) is 43.4 Å². The minimum absolute atomic E-state index is 0.872. The first-order valence-electron chi connectivity index (χ1n) is 5.35. The predicted octanol–water partition coefficient (Wildman–Crippen LogP) is 0.318. The Kier molecular flexibility index (Phi) is 3.34. The molecule has 0 atom stereocenters. The van der Waals surface area contributed by atoms with Crippen molar-refractivity contribution in [2.45, 2.75) is 6.42 Å². The van der Waals surface area contributed by atoms with E-state index in [9.17, 15) is 0 Å². The second-order valence-corrected chi connectivity index (χ2v) is 3.60. The summed E-state index contributed by atoms with van der Waals surface area (Å²) in [4.78, 5) is 10.7. The highest BCUT2D eigenvalue weighted by Crippen LogP contribution is 2.14. The van der Waals surface area contributed by atoms with Gasteiger partial charge >= 0.3 is 0 Å². The largest absolute Gasteiger partial charge is 0.373 e. The van der Waals surface area contributed by atoms with Gasteiger partial charge in [-0.15, -0.1) is 0 Å². The van der Waals surface area contributed by atoms with Crippen molar-refractivity contribution >= 4 is 11.6 Å². The van der Waals surface area contributed by atoms with Gasteiger partial charge in [0.05, 0.1) is 0 Å². The van der Waals surface area contributed by atoms with Crippen molar-refractivity contribution in [3.8, 4) is 0 Å². The fourth-order valence-corrected chi connectivity index (χ4v) is 1.73. The Morgan fingerprint density at radius 1 is 1.33 bits per heavy atom. The Labute approximate surface area is 89.9 Å². The van der Waals surface area contributed by atoms with Gasteiger partial charge in [0.25, 0.3) is 0 Å². The Balaban J connectivity index is 2.12. The predicted molar refractivity (Wildman–Crippen MR) is 61.3 cm³/mol. The van der Waals surface area contributed by atoms with Gasteiger partial charge in [0, 0.05) is 32.7 Å². The fourth-order valence-electron chi connectivity index (χ4n) is 1.73. The molecule has 5 heteroatoms. The van der Waals surface area contributed by atoms with Crippen LogP contribution in [-0.2, 0) is 0 Å². The van der Waals surface area contributed by atoms with Crippen LogP contribution in [0.3, 0.4) is 0 Å². The van der Waals surface area contributed by atoms with Crippen LogP contribution >= 0.6 is 0 Å². The highest BCUT2D eigenvalue weighted by atomic mass is 15.2. The molecule has 1 aliphatic rings. The second kappa shape index (κ2) is 4.93. The van der Waals surface area contributed by atoms with Crippen LogP contribution in [-0.4, -0.2) is 43.2 Å². The summed E-state index contributed by atoms with van der Waals surface area (Å²) >= 11 is 0. The molecule has 0 aliphatic carbocycles. The lowest BCUT2D eigenvalue weighted by Gasteiger charge is -2.20. The summed E-state index contributed by atoms with van der Waals surface area (Å²) in [6.07, 6.45) is 2.78. The maximum atomic E-state index is 4.30. The molecule has 0 spiro atoms. The van der Waals surface area contributed by atoms with Crippen molar-refractivity contribution in [3.05, 3.63) is 12.4 Å². The molecule has 1 aliphatic heterocycles. The average Bonchev–Trinajstić information content (AvgIpc) is 2.58. The van der Waals surface area contributed by atoms with E-state index in [4.69, 9.17) is 0 Å². The first kappa shape index (κ1) is 10.2. The summed E-state index contributed by atoms with van der Waals surface area (Å²) in [5.41, 5.74) is 0. The third kappa shape index (κ3) is 2.56. The van der Waals surface area contributed by atoms with E-state index in [-0.39, 0.29) is 0 Å². The standard InChI is InChI=1S/C10H17N5/c1-11-9-7-10(14-8-13-9)15-5-2-3-12-4-6-15/h7-8,12H,2-6H2,1H3,(H,11,13,14). The molecule has 0 radical (unpaired) electrons. The van der Waals surface area contributed by atoms with Crippen molar-refractivity contribution < 1.29 is 0 Å². The van der Waals surface area contributed by atoms with Crippen LogP contribution < -0.4 is 15.5 Å². The monoisotopic (exact) mass is 207 g/mol. The summed E-state index contributed by atoms with van der Waals surface area (Å²) in [6.45, 7) is 4.20. The minimum atomic E-state index is 0.872. The molecule has 2 rings (SSSR count). The van der Waals surface area contributed by atoms with E-state index in [0.29, 0.717) is 0 Å². The van der Waals surface area contributed by atoms with Gasteiger partial charge in [-0.05, 0) is 13.0 Å². The van der Waals surface area contributed by atoms with Crippen LogP contribution in [0.2, 0.25) is 0 Å². The molecular weight excluding hydrogens is 190 g/mol. The average molecular weight is 207 g/mol. The van der Waals surface area contributed by atoms with Crippen LogP contribution in [0, 0.1) is 0 Å². The summed E-state index contributed by atoms with van der Waals surface area (Å²) in [6, 6.07) is 1.99. The summed E-state index contributed by atoms with van der Waals surface area (Å²) < 4.78 is 0. The van der Waals surface area contributed by atoms with Gasteiger partial charge in [0.1, 0.15) is 18.0 Å². The quantitative estimate of drug-likeness (QED) is 0.731. The SMILES string of the molecule is CNc1cc(N2CCCNCC2)ncn1. The maximum absolute atomic E-state index is 4.30. The minimum Gasteiger partial charge on any atom is -0.373 e. The zero-order chi connectivity index (χ0) is 10.5. The van der Waals surface area contributed by atoms with Crippen LogP contribution in [0.1, 0.15) is 6.42 Å². The second-order valence-electron chi connectivity index (χ2n) is 3.60. The molecular formula is C10H17N5. The van der Waals surface area contributed by atoms with E-state index >= 15 is 0 Å². The molecule has 0 amide bonds. The number of nitrogens with zero attached hydrogens (tertiary/aromatic N) is 3. The lowest BCUT2D eigenvalue weighted by molar-refractivity contribution is 0.724. The van der Waals surface area contributed by atoms with E-state index in [1.165, 1.54) is 6.42 Å². The zero-order valence-corrected chi connectivity index (χ0v) is 9.03. The van der Waals surface area contributed by atoms with E-state index in [2.05, 4.69) is 25.5 Å². The lowest BCUT2D eigenvalue weighted by Crippen LogP contribution is -2.28. The molecule has 1 aromatic rings. The Morgan fingerprint density at radius 2 is 2.27 bits per heavy atom. The van der Waals surface area contributed by atoms with Crippen molar-refractivity contribution in [1.29, 1.82) is 0 Å². The molecule has 1 aromatic heterocycles. The van der Waals surface area contributed by atoms with Gasteiger partial charge in [-0.1, -0.05) is 0 Å². The molecule has 2 N–H and O–H groups in total. The number of nitrogens with one attached hydrogen (secondary N) is 2. The fraction of sp³-hybridized carbons (Fsp3) is 0.600. The van der Waals surface area contributed by atoms with Crippen molar-refractivity contribution in [1.82, 2.24) is 15.3 Å². The third-order valence-corrected chi connectivity index (χ3v) is 2.57. The molecule has 1 fully saturated rings. The molecule has 0 saturated carbocycles. The Morgan fingerprint density at radius 3 is 3.13 bits per heavy atom. The molecule has 0 unspecified atom stereocenters. The summed E-state index contributed by atoms with van der Waals surface area (Å²) in [5, 5.41) is 6.40. The van der Waals surface area contributed by atoms with Gasteiger partial charge in [-0.25, -0.2) is 9.97 Å². The van der Waals surface area contributed by atoms with Gasteiger partial charge in [-0.2, -0.15) is 0 Å². The molecule has 1 saturated heterocycles. The number of hydrogen-bond donors (Lipinski definition) is 2. The number of aromatic nitrogens is 2. The lowest BCUT2D eigenvalue weighted by atomic mass is 10.4. The first-order chi connectivity index (χ1) is 7.40. The van der Waals surface area contributed by atoms with Gasteiger partial charge in [0.2, 0.25) is 0 Å². The van der Waals surface area contributed by atoms with E-state index < -0.39 is 0 Å². The highest BCUT2D eigenvalue weighted by Gasteiger charge is 2.10. The van der Waals surface area contributed by atoms with Crippen LogP contribution in [0.5, 0.6) is 0 Å². The molecule has 82 valence electrons. The van der Waals surface area contributed by atoms with Gasteiger partial charge in [-0.3, -0.25) is 0 Å². The Hall–Kier alpha value is -1.36. The van der Waals surface area contributed by atoms with E-state index in [1.54, 1.807) is 6.33 Å². The van der Waals surface area contributed by atoms with Gasteiger partial charge < -0.3 is 15.5 Å². The normalized spacial score (nSPS) is 17.3. The number of anilines is 2. The van der Waals surface area contributed by atoms with E-state index in [1.807, 2.05) is 13.1 Å². The Bertz CT molecular complexity index is 306. The highest BCUT2D eigenvalue weighted by molar-refractivity contribution is 5.48. The van der Waals surface area contributed by atoms with Crippen molar-refractivity contribution in [3.63, 3.8) is 0 Å².